The maximum Gasteiger partial charge on any atom is 0.318 e. The van der Waals surface area contributed by atoms with Gasteiger partial charge >= 0.3 is 5.37 Å². The van der Waals surface area contributed by atoms with Gasteiger partial charge in [-0.2, -0.15) is 0 Å². The highest BCUT2D eigenvalue weighted by Crippen LogP contribution is 2.38. The lowest BCUT2D eigenvalue weighted by Gasteiger charge is -2.32. The van der Waals surface area contributed by atoms with Crippen LogP contribution < -0.4 is 0 Å². The molecule has 0 N–H and O–H groups in total. The van der Waals surface area contributed by atoms with Crippen molar-refractivity contribution in [1.82, 2.24) is 4.90 Å². The average molecular weight is 262 g/mol. The fourth-order valence-electron chi connectivity index (χ4n) is 2.54. The van der Waals surface area contributed by atoms with Crippen LogP contribution in [0, 0.1) is 0 Å². The molecule has 1 rings (SSSR count). The smallest absolute Gasteiger partial charge is 0.318 e. The summed E-state index contributed by atoms with van der Waals surface area (Å²) in [5.74, 6) is 0. The van der Waals surface area contributed by atoms with Crippen LogP contribution in [-0.4, -0.2) is 28.1 Å². The van der Waals surface area contributed by atoms with E-state index >= 15 is 0 Å². The number of amides is 1. The maximum atomic E-state index is 11.4. The zero-order chi connectivity index (χ0) is 13.1. The van der Waals surface area contributed by atoms with Crippen molar-refractivity contribution in [1.29, 1.82) is 0 Å². The summed E-state index contributed by atoms with van der Waals surface area (Å²) in [7, 11) is 0. The number of rotatable bonds is 5. The fraction of sp³-hybridized carbons (Fsp3) is 0.923. The van der Waals surface area contributed by atoms with Crippen molar-refractivity contribution < 1.29 is 9.53 Å². The molecule has 1 aliphatic heterocycles. The number of nitrogens with zero attached hydrogens (tertiary/aromatic N) is 1. The molecule has 0 spiro atoms. The van der Waals surface area contributed by atoms with Crippen molar-refractivity contribution in [2.24, 2.45) is 0 Å². The standard InChI is InChI=1S/C13H24ClNO2/c1-5-6-7-8-9-13(4)15(11(14)16)10-12(2,3)17-13/h5-10H2,1-4H3. The summed E-state index contributed by atoms with van der Waals surface area (Å²) in [6.07, 6.45) is 5.55. The van der Waals surface area contributed by atoms with Gasteiger partial charge < -0.3 is 4.74 Å². The van der Waals surface area contributed by atoms with Crippen molar-refractivity contribution in [3.63, 3.8) is 0 Å². The average Bonchev–Trinajstić information content (AvgIpc) is 2.44. The van der Waals surface area contributed by atoms with Crippen molar-refractivity contribution in [3.8, 4) is 0 Å². The summed E-state index contributed by atoms with van der Waals surface area (Å²) in [6.45, 7) is 8.72. The normalized spacial score (nSPS) is 27.5. The zero-order valence-electron chi connectivity index (χ0n) is 11.4. The van der Waals surface area contributed by atoms with Crippen LogP contribution in [0.4, 0.5) is 4.79 Å². The minimum Gasteiger partial charge on any atom is -0.348 e. The van der Waals surface area contributed by atoms with Gasteiger partial charge in [-0.25, -0.2) is 0 Å². The van der Waals surface area contributed by atoms with Gasteiger partial charge in [-0.1, -0.05) is 26.2 Å². The molecule has 0 radical (unpaired) electrons. The Kier molecular flexibility index (Phi) is 4.85. The molecule has 1 heterocycles. The third-order valence-electron chi connectivity index (χ3n) is 3.31. The molecule has 100 valence electrons. The molecule has 0 aromatic heterocycles. The monoisotopic (exact) mass is 261 g/mol. The van der Waals surface area contributed by atoms with Crippen molar-refractivity contribution in [2.75, 3.05) is 6.54 Å². The van der Waals surface area contributed by atoms with Gasteiger partial charge in [0, 0.05) is 0 Å². The molecule has 4 heteroatoms. The molecule has 1 atom stereocenters. The SMILES string of the molecule is CCCCCCC1(C)OC(C)(C)CN1C(=O)Cl. The second kappa shape index (κ2) is 5.57. The summed E-state index contributed by atoms with van der Waals surface area (Å²) < 4.78 is 6.01. The lowest BCUT2D eigenvalue weighted by molar-refractivity contribution is -0.109. The van der Waals surface area contributed by atoms with Crippen LogP contribution in [0.2, 0.25) is 0 Å². The van der Waals surface area contributed by atoms with Crippen LogP contribution in [-0.2, 0) is 4.74 Å². The zero-order valence-corrected chi connectivity index (χ0v) is 12.1. The summed E-state index contributed by atoms with van der Waals surface area (Å²) >= 11 is 5.64. The van der Waals surface area contributed by atoms with Gasteiger partial charge in [0.2, 0.25) is 0 Å². The summed E-state index contributed by atoms with van der Waals surface area (Å²) in [5, 5.41) is -0.409. The Morgan fingerprint density at radius 1 is 1.29 bits per heavy atom. The van der Waals surface area contributed by atoms with E-state index < -0.39 is 11.1 Å². The quantitative estimate of drug-likeness (QED) is 0.423. The first kappa shape index (κ1) is 14.8. The minimum atomic E-state index is -0.532. The predicted molar refractivity (Wildman–Crippen MR) is 70.3 cm³/mol. The molecule has 17 heavy (non-hydrogen) atoms. The van der Waals surface area contributed by atoms with Gasteiger partial charge in [-0.05, 0) is 45.2 Å². The van der Waals surface area contributed by atoms with E-state index in [9.17, 15) is 4.79 Å². The molecule has 1 amide bonds. The van der Waals surface area contributed by atoms with Crippen LogP contribution in [0.5, 0.6) is 0 Å². The highest BCUT2D eigenvalue weighted by atomic mass is 35.5. The van der Waals surface area contributed by atoms with Gasteiger partial charge in [0.05, 0.1) is 12.1 Å². The second-order valence-electron chi connectivity index (χ2n) is 5.69. The lowest BCUT2D eigenvalue weighted by Crippen LogP contribution is -2.43. The maximum absolute atomic E-state index is 11.4. The molecule has 0 aliphatic carbocycles. The van der Waals surface area contributed by atoms with E-state index in [0.29, 0.717) is 6.54 Å². The lowest BCUT2D eigenvalue weighted by atomic mass is 10.0. The van der Waals surface area contributed by atoms with E-state index in [1.54, 1.807) is 4.90 Å². The van der Waals surface area contributed by atoms with Gasteiger partial charge in [-0.15, -0.1) is 0 Å². The van der Waals surface area contributed by atoms with Crippen molar-refractivity contribution in [3.05, 3.63) is 0 Å². The Bertz CT molecular complexity index is 281. The van der Waals surface area contributed by atoms with E-state index in [1.807, 2.05) is 20.8 Å². The first-order valence-corrected chi connectivity index (χ1v) is 6.86. The van der Waals surface area contributed by atoms with E-state index in [0.717, 1.165) is 12.8 Å². The van der Waals surface area contributed by atoms with E-state index in [4.69, 9.17) is 16.3 Å². The third-order valence-corrected chi connectivity index (χ3v) is 3.52. The Balaban J connectivity index is 2.60. The number of carbonyl (C=O) groups is 1. The van der Waals surface area contributed by atoms with Crippen LogP contribution in [0.1, 0.15) is 59.8 Å². The molecule has 1 fully saturated rings. The summed E-state index contributed by atoms with van der Waals surface area (Å²) in [4.78, 5) is 13.1. The van der Waals surface area contributed by atoms with Crippen molar-refractivity contribution >= 4 is 17.0 Å². The number of hydrogen-bond donors (Lipinski definition) is 0. The molecule has 0 bridgehead atoms. The largest absolute Gasteiger partial charge is 0.348 e. The van der Waals surface area contributed by atoms with Crippen LogP contribution in [0.25, 0.3) is 0 Å². The third kappa shape index (κ3) is 3.85. The van der Waals surface area contributed by atoms with Gasteiger partial charge in [-0.3, -0.25) is 9.69 Å². The van der Waals surface area contributed by atoms with Crippen LogP contribution >= 0.6 is 11.6 Å². The van der Waals surface area contributed by atoms with E-state index in [-0.39, 0.29) is 5.60 Å². The molecule has 1 aliphatic rings. The van der Waals surface area contributed by atoms with Crippen molar-refractivity contribution in [2.45, 2.75) is 71.1 Å². The molecule has 1 saturated heterocycles. The predicted octanol–water partition coefficient (Wildman–Crippen LogP) is 4.14. The first-order valence-electron chi connectivity index (χ1n) is 6.48. The van der Waals surface area contributed by atoms with Gasteiger partial charge in [0.25, 0.3) is 0 Å². The molecule has 3 nitrogen and oxygen atoms in total. The Labute approximate surface area is 109 Å². The minimum absolute atomic E-state index is 0.302. The second-order valence-corrected chi connectivity index (χ2v) is 6.01. The molecule has 0 saturated carbocycles. The van der Waals surface area contributed by atoms with Gasteiger partial charge in [0.1, 0.15) is 5.72 Å². The van der Waals surface area contributed by atoms with Crippen LogP contribution in [0.3, 0.4) is 0 Å². The number of hydrogen-bond acceptors (Lipinski definition) is 2. The van der Waals surface area contributed by atoms with Gasteiger partial charge in [0.15, 0.2) is 0 Å². The summed E-state index contributed by atoms with van der Waals surface area (Å²) in [5.41, 5.74) is -0.833. The highest BCUT2D eigenvalue weighted by Gasteiger charge is 2.48. The Morgan fingerprint density at radius 2 is 1.94 bits per heavy atom. The number of ether oxygens (including phenoxy) is 1. The molecule has 0 aromatic rings. The molecular weight excluding hydrogens is 238 g/mol. The fourth-order valence-corrected chi connectivity index (χ4v) is 2.78. The van der Waals surface area contributed by atoms with E-state index in [1.165, 1.54) is 19.3 Å². The molecular formula is C13H24ClNO2. The Morgan fingerprint density at radius 3 is 2.47 bits per heavy atom. The number of halogens is 1. The van der Waals surface area contributed by atoms with E-state index in [2.05, 4.69) is 6.92 Å². The Hall–Kier alpha value is -0.280. The van der Waals surface area contributed by atoms with Crippen LogP contribution in [0.15, 0.2) is 0 Å². The molecule has 0 aromatic carbocycles. The highest BCUT2D eigenvalue weighted by molar-refractivity contribution is 6.62. The topological polar surface area (TPSA) is 29.5 Å². The first-order chi connectivity index (χ1) is 7.81. The number of carbonyl (C=O) groups excluding carboxylic acids is 1. The molecule has 1 unspecified atom stereocenters. The summed E-state index contributed by atoms with van der Waals surface area (Å²) in [6, 6.07) is 0. The number of unbranched alkanes of at least 4 members (excludes halogenated alkanes) is 3.